The molecule has 1 aliphatic rings. The van der Waals surface area contributed by atoms with Crippen LogP contribution < -0.4 is 10.5 Å². The Morgan fingerprint density at radius 2 is 1.94 bits per heavy atom. The van der Waals surface area contributed by atoms with Gasteiger partial charge in [-0.05, 0) is 43.7 Å². The molecule has 8 nitrogen and oxygen atoms in total. The summed E-state index contributed by atoms with van der Waals surface area (Å²) in [5, 5.41) is 14.8. The number of benzene rings is 1. The molecule has 0 aliphatic carbocycles. The van der Waals surface area contributed by atoms with Crippen molar-refractivity contribution in [1.29, 1.82) is 5.26 Å². The van der Waals surface area contributed by atoms with Crippen LogP contribution in [0.25, 0.3) is 16.9 Å². The molecule has 1 atom stereocenters. The van der Waals surface area contributed by atoms with Gasteiger partial charge in [0.15, 0.2) is 0 Å². The number of imidazole rings is 1. The Bertz CT molecular complexity index is 1330. The summed E-state index contributed by atoms with van der Waals surface area (Å²) >= 11 is 0. The normalized spacial score (nSPS) is 15.4. The summed E-state index contributed by atoms with van der Waals surface area (Å²) in [6.07, 6.45) is 8.84. The average molecular weight is 423 g/mol. The van der Waals surface area contributed by atoms with Gasteiger partial charge < -0.3 is 15.0 Å². The quantitative estimate of drug-likeness (QED) is 0.533. The molecule has 0 saturated carbocycles. The topological polar surface area (TPSA) is 108 Å². The Labute approximate surface area is 185 Å². The van der Waals surface area contributed by atoms with Crippen LogP contribution in [0.5, 0.6) is 5.88 Å². The van der Waals surface area contributed by atoms with Gasteiger partial charge >= 0.3 is 0 Å². The lowest BCUT2D eigenvalue weighted by molar-refractivity contribution is 0.334. The number of rotatable bonds is 4. The van der Waals surface area contributed by atoms with Gasteiger partial charge in [0.1, 0.15) is 17.3 Å². The van der Waals surface area contributed by atoms with Crippen LogP contribution in [-0.4, -0.2) is 24.3 Å². The largest absolute Gasteiger partial charge is 0.422 e. The minimum Gasteiger partial charge on any atom is -0.422 e. The molecule has 32 heavy (non-hydrogen) atoms. The molecule has 4 aromatic rings. The Kier molecular flexibility index (Phi) is 4.71. The van der Waals surface area contributed by atoms with Crippen LogP contribution in [-0.2, 0) is 0 Å². The number of aromatic nitrogens is 5. The third kappa shape index (κ3) is 3.11. The van der Waals surface area contributed by atoms with Crippen molar-refractivity contribution in [3.05, 3.63) is 90.1 Å². The van der Waals surface area contributed by atoms with Crippen molar-refractivity contribution in [2.75, 3.05) is 0 Å². The van der Waals surface area contributed by atoms with Crippen LogP contribution in [0.1, 0.15) is 36.9 Å². The molecule has 8 heteroatoms. The van der Waals surface area contributed by atoms with Crippen LogP contribution in [0.4, 0.5) is 0 Å². The number of nitriles is 1. The van der Waals surface area contributed by atoms with Crippen molar-refractivity contribution in [2.45, 2.75) is 25.8 Å². The predicted molar refractivity (Wildman–Crippen MR) is 119 cm³/mol. The first-order valence-electron chi connectivity index (χ1n) is 10.3. The smallest absolute Gasteiger partial charge is 0.224 e. The van der Waals surface area contributed by atoms with Gasteiger partial charge in [0.05, 0.1) is 23.9 Å². The monoisotopic (exact) mass is 423 g/mol. The fourth-order valence-electron chi connectivity index (χ4n) is 4.01. The number of hydrogen-bond acceptors (Lipinski definition) is 6. The van der Waals surface area contributed by atoms with E-state index in [0.717, 1.165) is 28.1 Å². The zero-order chi connectivity index (χ0) is 22.2. The number of nitrogens with two attached hydrogens (primary N) is 1. The maximum Gasteiger partial charge on any atom is 0.224 e. The average Bonchev–Trinajstić information content (AvgIpc) is 3.47. The minimum atomic E-state index is -0.414. The van der Waals surface area contributed by atoms with E-state index >= 15 is 0 Å². The molecule has 5 rings (SSSR count). The SMILES string of the molecule is CC(C)n1nc(-c2cccnc2)c2c1OC(N)=C(C#N)C2c1ccc(-n2ccnc2)cc1. The van der Waals surface area contributed by atoms with Gasteiger partial charge in [-0.15, -0.1) is 0 Å². The number of hydrogen-bond donors (Lipinski definition) is 1. The first-order valence-corrected chi connectivity index (χ1v) is 10.3. The van der Waals surface area contributed by atoms with Crippen LogP contribution >= 0.6 is 0 Å². The van der Waals surface area contributed by atoms with Gasteiger partial charge in [-0.1, -0.05) is 12.1 Å². The second-order valence-corrected chi connectivity index (χ2v) is 7.83. The minimum absolute atomic E-state index is 0.0369. The summed E-state index contributed by atoms with van der Waals surface area (Å²) in [5.74, 6) is 0.241. The molecular weight excluding hydrogens is 402 g/mol. The van der Waals surface area contributed by atoms with Crippen LogP contribution in [0.2, 0.25) is 0 Å². The van der Waals surface area contributed by atoms with E-state index in [9.17, 15) is 5.26 Å². The Hall–Kier alpha value is -4.38. The molecule has 3 aromatic heterocycles. The van der Waals surface area contributed by atoms with E-state index in [0.29, 0.717) is 11.5 Å². The molecular formula is C24H21N7O. The second kappa shape index (κ2) is 7.71. The summed E-state index contributed by atoms with van der Waals surface area (Å²) in [7, 11) is 0. The Morgan fingerprint density at radius 1 is 1.12 bits per heavy atom. The van der Waals surface area contributed by atoms with Crippen molar-refractivity contribution in [3.63, 3.8) is 0 Å². The summed E-state index contributed by atoms with van der Waals surface area (Å²) in [4.78, 5) is 8.36. The third-order valence-electron chi connectivity index (χ3n) is 5.52. The summed E-state index contributed by atoms with van der Waals surface area (Å²) in [6.45, 7) is 4.05. The van der Waals surface area contributed by atoms with E-state index in [4.69, 9.17) is 15.6 Å². The molecule has 0 spiro atoms. The highest BCUT2D eigenvalue weighted by molar-refractivity contribution is 5.70. The van der Waals surface area contributed by atoms with Crippen LogP contribution in [0, 0.1) is 11.3 Å². The van der Waals surface area contributed by atoms with Crippen molar-refractivity contribution < 1.29 is 4.74 Å². The number of pyridine rings is 1. The van der Waals surface area contributed by atoms with E-state index in [1.165, 1.54) is 0 Å². The highest BCUT2D eigenvalue weighted by atomic mass is 16.5. The zero-order valence-electron chi connectivity index (χ0n) is 17.7. The van der Waals surface area contributed by atoms with Crippen molar-refractivity contribution in [3.8, 4) is 28.9 Å². The molecule has 1 unspecified atom stereocenters. The molecule has 0 saturated heterocycles. The molecule has 1 aliphatic heterocycles. The summed E-state index contributed by atoms with van der Waals surface area (Å²) in [6, 6.07) is 14.1. The van der Waals surface area contributed by atoms with Crippen LogP contribution in [0.3, 0.4) is 0 Å². The van der Waals surface area contributed by atoms with Gasteiger partial charge in [-0.25, -0.2) is 9.67 Å². The first kappa shape index (κ1) is 19.6. The van der Waals surface area contributed by atoms with E-state index in [2.05, 4.69) is 16.0 Å². The van der Waals surface area contributed by atoms with E-state index in [1.807, 2.05) is 65.7 Å². The molecule has 2 N–H and O–H groups in total. The summed E-state index contributed by atoms with van der Waals surface area (Å²) < 4.78 is 9.70. The predicted octanol–water partition coefficient (Wildman–Crippen LogP) is 3.93. The fraction of sp³-hybridized carbons (Fsp3) is 0.167. The van der Waals surface area contributed by atoms with Gasteiger partial charge in [0, 0.05) is 36.0 Å². The van der Waals surface area contributed by atoms with E-state index in [1.54, 1.807) is 24.9 Å². The van der Waals surface area contributed by atoms with Crippen molar-refractivity contribution in [1.82, 2.24) is 24.3 Å². The fourth-order valence-corrected chi connectivity index (χ4v) is 4.01. The third-order valence-corrected chi connectivity index (χ3v) is 5.52. The van der Waals surface area contributed by atoms with E-state index in [-0.39, 0.29) is 11.9 Å². The van der Waals surface area contributed by atoms with Gasteiger partial charge in [-0.2, -0.15) is 10.4 Å². The molecule has 0 bridgehead atoms. The number of nitrogens with zero attached hydrogens (tertiary/aromatic N) is 6. The van der Waals surface area contributed by atoms with Gasteiger partial charge in [0.2, 0.25) is 11.8 Å². The molecule has 1 aromatic carbocycles. The van der Waals surface area contributed by atoms with Gasteiger partial charge in [-0.3, -0.25) is 4.98 Å². The maximum atomic E-state index is 9.98. The zero-order valence-corrected chi connectivity index (χ0v) is 17.7. The lowest BCUT2D eigenvalue weighted by Gasteiger charge is -2.25. The summed E-state index contributed by atoms with van der Waals surface area (Å²) in [5.41, 5.74) is 10.9. The number of allylic oxidation sites excluding steroid dienone is 1. The Morgan fingerprint density at radius 3 is 2.56 bits per heavy atom. The highest BCUT2D eigenvalue weighted by Gasteiger charge is 2.37. The lowest BCUT2D eigenvalue weighted by atomic mass is 9.83. The molecule has 158 valence electrons. The lowest BCUT2D eigenvalue weighted by Crippen LogP contribution is -2.22. The standard InChI is InChI=1S/C24H21N7O/c1-15(2)31-24-21(22(29-31)17-4-3-9-27-13-17)20(19(12-25)23(26)32-24)16-5-7-18(8-6-16)30-11-10-28-14-30/h3-11,13-15,20H,26H2,1-2H3. The molecule has 4 heterocycles. The van der Waals surface area contributed by atoms with Crippen molar-refractivity contribution >= 4 is 0 Å². The Balaban J connectivity index is 1.72. The molecule has 0 amide bonds. The first-order chi connectivity index (χ1) is 15.6. The van der Waals surface area contributed by atoms with Crippen LogP contribution in [0.15, 0.2) is 79.0 Å². The van der Waals surface area contributed by atoms with Gasteiger partial charge in [0.25, 0.3) is 0 Å². The second-order valence-electron chi connectivity index (χ2n) is 7.83. The highest BCUT2D eigenvalue weighted by Crippen LogP contribution is 2.47. The number of ether oxygens (including phenoxy) is 1. The molecule has 0 fully saturated rings. The van der Waals surface area contributed by atoms with E-state index < -0.39 is 5.92 Å². The van der Waals surface area contributed by atoms with Crippen molar-refractivity contribution in [2.24, 2.45) is 5.73 Å². The molecule has 0 radical (unpaired) electrons. The maximum absolute atomic E-state index is 9.98. The number of fused-ring (bicyclic) bond motifs is 1.